The highest BCUT2D eigenvalue weighted by molar-refractivity contribution is 5.84. The Bertz CT molecular complexity index is 1350. The lowest BCUT2D eigenvalue weighted by Crippen LogP contribution is -2.14. The van der Waals surface area contributed by atoms with Gasteiger partial charge in [-0.3, -0.25) is 9.89 Å². The van der Waals surface area contributed by atoms with Crippen LogP contribution < -0.4 is 5.56 Å². The highest BCUT2D eigenvalue weighted by Gasteiger charge is 2.12. The van der Waals surface area contributed by atoms with E-state index in [0.29, 0.717) is 5.82 Å². The van der Waals surface area contributed by atoms with Crippen LogP contribution in [0.4, 0.5) is 0 Å². The SMILES string of the molecule is O=c1cc(-c2ccccc2-c2cccc(-c3ccccc3)c2)[nH]n1-c1ccccn1. The number of benzene rings is 3. The predicted molar refractivity (Wildman–Crippen MR) is 120 cm³/mol. The molecule has 0 atom stereocenters. The van der Waals surface area contributed by atoms with Crippen LogP contribution in [-0.2, 0) is 0 Å². The van der Waals surface area contributed by atoms with E-state index in [1.165, 1.54) is 10.2 Å². The fourth-order valence-corrected chi connectivity index (χ4v) is 3.66. The van der Waals surface area contributed by atoms with Gasteiger partial charge in [-0.15, -0.1) is 0 Å². The monoisotopic (exact) mass is 389 g/mol. The molecule has 0 radical (unpaired) electrons. The molecule has 0 aliphatic heterocycles. The summed E-state index contributed by atoms with van der Waals surface area (Å²) in [5.74, 6) is 0.567. The third kappa shape index (κ3) is 3.35. The fraction of sp³-hybridized carbons (Fsp3) is 0. The van der Waals surface area contributed by atoms with Crippen LogP contribution in [-0.4, -0.2) is 14.8 Å². The van der Waals surface area contributed by atoms with Crippen molar-refractivity contribution >= 4 is 0 Å². The van der Waals surface area contributed by atoms with Gasteiger partial charge in [0.1, 0.15) is 0 Å². The Morgan fingerprint density at radius 3 is 2.13 bits per heavy atom. The minimum atomic E-state index is -0.142. The van der Waals surface area contributed by atoms with Crippen molar-refractivity contribution in [3.63, 3.8) is 0 Å². The van der Waals surface area contributed by atoms with Crippen molar-refractivity contribution in [2.24, 2.45) is 0 Å². The summed E-state index contributed by atoms with van der Waals surface area (Å²) in [6.07, 6.45) is 1.67. The molecule has 0 bridgehead atoms. The smallest absolute Gasteiger partial charge is 0.273 e. The molecular weight excluding hydrogens is 370 g/mol. The number of hydrogen-bond donors (Lipinski definition) is 1. The van der Waals surface area contributed by atoms with Crippen LogP contribution >= 0.6 is 0 Å². The Hall–Kier alpha value is -4.18. The van der Waals surface area contributed by atoms with Gasteiger partial charge in [-0.1, -0.05) is 78.9 Å². The van der Waals surface area contributed by atoms with E-state index < -0.39 is 0 Å². The number of rotatable bonds is 4. The second kappa shape index (κ2) is 7.68. The molecule has 0 aliphatic rings. The maximum absolute atomic E-state index is 12.6. The molecule has 5 rings (SSSR count). The molecule has 3 aromatic carbocycles. The van der Waals surface area contributed by atoms with Gasteiger partial charge in [0.2, 0.25) is 0 Å². The van der Waals surface area contributed by atoms with Crippen LogP contribution in [0.1, 0.15) is 0 Å². The van der Waals surface area contributed by atoms with E-state index in [-0.39, 0.29) is 5.56 Å². The summed E-state index contributed by atoms with van der Waals surface area (Å²) >= 11 is 0. The summed E-state index contributed by atoms with van der Waals surface area (Å²) in [7, 11) is 0. The van der Waals surface area contributed by atoms with Crippen LogP contribution in [0, 0.1) is 0 Å². The molecule has 0 unspecified atom stereocenters. The van der Waals surface area contributed by atoms with E-state index in [1.54, 1.807) is 18.3 Å². The zero-order valence-corrected chi connectivity index (χ0v) is 16.2. The molecule has 0 aliphatic carbocycles. The van der Waals surface area contributed by atoms with Crippen molar-refractivity contribution in [1.82, 2.24) is 14.8 Å². The number of hydrogen-bond acceptors (Lipinski definition) is 2. The van der Waals surface area contributed by atoms with E-state index in [9.17, 15) is 4.79 Å². The van der Waals surface area contributed by atoms with Crippen LogP contribution in [0.15, 0.2) is 114 Å². The summed E-state index contributed by atoms with van der Waals surface area (Å²) in [6, 6.07) is 34.0. The number of pyridine rings is 1. The zero-order valence-electron chi connectivity index (χ0n) is 16.2. The molecule has 2 heterocycles. The van der Waals surface area contributed by atoms with Gasteiger partial charge >= 0.3 is 0 Å². The van der Waals surface area contributed by atoms with Gasteiger partial charge in [0, 0.05) is 17.8 Å². The van der Waals surface area contributed by atoms with Gasteiger partial charge in [-0.05, 0) is 40.5 Å². The van der Waals surface area contributed by atoms with E-state index in [4.69, 9.17) is 0 Å². The highest BCUT2D eigenvalue weighted by atomic mass is 16.1. The summed E-state index contributed by atoms with van der Waals surface area (Å²) < 4.78 is 1.46. The van der Waals surface area contributed by atoms with Crippen molar-refractivity contribution in [1.29, 1.82) is 0 Å². The third-order valence-electron chi connectivity index (χ3n) is 5.10. The van der Waals surface area contributed by atoms with Gasteiger partial charge in [-0.25, -0.2) is 9.67 Å². The maximum Gasteiger partial charge on any atom is 0.273 e. The number of H-pyrrole nitrogens is 1. The van der Waals surface area contributed by atoms with Crippen LogP contribution in [0.25, 0.3) is 39.3 Å². The molecule has 0 spiro atoms. The molecule has 0 amide bonds. The van der Waals surface area contributed by atoms with Crippen LogP contribution in [0.2, 0.25) is 0 Å². The third-order valence-corrected chi connectivity index (χ3v) is 5.10. The van der Waals surface area contributed by atoms with E-state index in [0.717, 1.165) is 27.9 Å². The second-order valence-electron chi connectivity index (χ2n) is 7.02. The molecule has 5 aromatic rings. The zero-order chi connectivity index (χ0) is 20.3. The molecule has 0 fully saturated rings. The first-order valence-electron chi connectivity index (χ1n) is 9.78. The summed E-state index contributed by atoms with van der Waals surface area (Å²) in [5, 5.41) is 3.21. The Balaban J connectivity index is 1.61. The van der Waals surface area contributed by atoms with E-state index >= 15 is 0 Å². The number of nitrogens with zero attached hydrogens (tertiary/aromatic N) is 2. The van der Waals surface area contributed by atoms with E-state index in [2.05, 4.69) is 52.5 Å². The normalized spacial score (nSPS) is 10.8. The molecule has 4 nitrogen and oxygen atoms in total. The fourth-order valence-electron chi connectivity index (χ4n) is 3.66. The summed E-state index contributed by atoms with van der Waals surface area (Å²) in [5.41, 5.74) is 6.06. The summed E-state index contributed by atoms with van der Waals surface area (Å²) in [4.78, 5) is 16.9. The lowest BCUT2D eigenvalue weighted by molar-refractivity contribution is 0.822. The average Bonchev–Trinajstić information content (AvgIpc) is 3.22. The molecule has 2 aromatic heterocycles. The Kier molecular flexibility index (Phi) is 4.58. The Morgan fingerprint density at radius 1 is 0.633 bits per heavy atom. The van der Waals surface area contributed by atoms with Gasteiger partial charge in [-0.2, -0.15) is 0 Å². The Morgan fingerprint density at radius 2 is 1.33 bits per heavy atom. The lowest BCUT2D eigenvalue weighted by atomic mass is 9.95. The molecule has 0 saturated heterocycles. The number of aromatic nitrogens is 3. The van der Waals surface area contributed by atoms with Crippen molar-refractivity contribution in [2.45, 2.75) is 0 Å². The molecular formula is C26H19N3O. The Labute approximate surface area is 174 Å². The minimum absolute atomic E-state index is 0.142. The van der Waals surface area contributed by atoms with Gasteiger partial charge in [0.05, 0.1) is 5.69 Å². The van der Waals surface area contributed by atoms with Crippen molar-refractivity contribution < 1.29 is 0 Å². The van der Waals surface area contributed by atoms with E-state index in [1.807, 2.05) is 48.5 Å². The quantitative estimate of drug-likeness (QED) is 0.437. The van der Waals surface area contributed by atoms with Gasteiger partial charge < -0.3 is 0 Å². The number of nitrogens with one attached hydrogen (secondary N) is 1. The van der Waals surface area contributed by atoms with Crippen LogP contribution in [0.5, 0.6) is 0 Å². The van der Waals surface area contributed by atoms with Gasteiger partial charge in [0.15, 0.2) is 5.82 Å². The minimum Gasteiger partial charge on any atom is -0.289 e. The topological polar surface area (TPSA) is 50.7 Å². The van der Waals surface area contributed by atoms with Crippen molar-refractivity contribution in [2.75, 3.05) is 0 Å². The number of aromatic amines is 1. The van der Waals surface area contributed by atoms with Crippen molar-refractivity contribution in [3.8, 4) is 39.3 Å². The largest absolute Gasteiger partial charge is 0.289 e. The van der Waals surface area contributed by atoms with Crippen LogP contribution in [0.3, 0.4) is 0 Å². The summed E-state index contributed by atoms with van der Waals surface area (Å²) in [6.45, 7) is 0. The first-order chi connectivity index (χ1) is 14.8. The first kappa shape index (κ1) is 17.9. The molecule has 1 N–H and O–H groups in total. The highest BCUT2D eigenvalue weighted by Crippen LogP contribution is 2.33. The second-order valence-corrected chi connectivity index (χ2v) is 7.02. The molecule has 30 heavy (non-hydrogen) atoms. The molecule has 0 saturated carbocycles. The lowest BCUT2D eigenvalue weighted by Gasteiger charge is -2.10. The van der Waals surface area contributed by atoms with Gasteiger partial charge in [0.25, 0.3) is 5.56 Å². The predicted octanol–water partition coefficient (Wildman–Crippen LogP) is 5.56. The molecule has 4 heteroatoms. The van der Waals surface area contributed by atoms with Crippen molar-refractivity contribution in [3.05, 3.63) is 120 Å². The molecule has 144 valence electrons. The standard InChI is InChI=1S/C26H19N3O/c30-26-18-24(28-29(26)25-15-6-7-16-27-25)23-14-5-4-13-22(23)21-12-8-11-20(17-21)19-9-2-1-3-10-19/h1-18,28H. The average molecular weight is 389 g/mol. The first-order valence-corrected chi connectivity index (χ1v) is 9.78. The maximum atomic E-state index is 12.6.